The Morgan fingerprint density at radius 2 is 1.89 bits per heavy atom. The van der Waals surface area contributed by atoms with Gasteiger partial charge in [-0.25, -0.2) is 0 Å². The highest BCUT2D eigenvalue weighted by atomic mass is 16.3. The molecule has 19 heavy (non-hydrogen) atoms. The topological polar surface area (TPSA) is 69.7 Å². The zero-order valence-corrected chi connectivity index (χ0v) is 11.7. The third kappa shape index (κ3) is 3.19. The monoisotopic (exact) mass is 264 g/mol. The van der Waals surface area contributed by atoms with Gasteiger partial charge in [0.2, 0.25) is 0 Å². The van der Waals surface area contributed by atoms with Crippen LogP contribution in [0.2, 0.25) is 0 Å². The van der Waals surface area contributed by atoms with Gasteiger partial charge >= 0.3 is 0 Å². The molecule has 0 saturated carbocycles. The number of nitrogens with zero attached hydrogens (tertiary/aromatic N) is 1. The zero-order valence-electron chi connectivity index (χ0n) is 11.7. The molecule has 0 bridgehead atoms. The molecule has 2 rings (SSSR count). The van der Waals surface area contributed by atoms with Crippen LogP contribution in [0.15, 0.2) is 18.2 Å². The van der Waals surface area contributed by atoms with Crippen LogP contribution in [0, 0.1) is 5.92 Å². The van der Waals surface area contributed by atoms with Gasteiger partial charge in [0, 0.05) is 24.7 Å². The number of hydrogen-bond donors (Lipinski definition) is 3. The van der Waals surface area contributed by atoms with Crippen molar-refractivity contribution in [1.82, 2.24) is 4.90 Å². The second kappa shape index (κ2) is 5.80. The van der Waals surface area contributed by atoms with E-state index in [9.17, 15) is 10.2 Å². The van der Waals surface area contributed by atoms with Gasteiger partial charge in [-0.2, -0.15) is 0 Å². The smallest absolute Gasteiger partial charge is 0.119 e. The van der Waals surface area contributed by atoms with E-state index in [0.717, 1.165) is 25.1 Å². The van der Waals surface area contributed by atoms with Crippen molar-refractivity contribution in [1.29, 1.82) is 0 Å². The molecule has 1 aromatic rings. The summed E-state index contributed by atoms with van der Waals surface area (Å²) in [7, 11) is 0. The van der Waals surface area contributed by atoms with Crippen molar-refractivity contribution in [2.45, 2.75) is 38.8 Å². The fourth-order valence-corrected chi connectivity index (χ4v) is 3.00. The Hall–Kier alpha value is -1.26. The molecule has 1 aliphatic rings. The van der Waals surface area contributed by atoms with Gasteiger partial charge in [-0.05, 0) is 56.8 Å². The van der Waals surface area contributed by atoms with Crippen LogP contribution in [-0.2, 0) is 0 Å². The molecule has 1 aromatic carbocycles. The number of phenolic OH excluding ortho intramolecular Hbond substituents is 2. The van der Waals surface area contributed by atoms with E-state index in [1.807, 2.05) is 0 Å². The summed E-state index contributed by atoms with van der Waals surface area (Å²) in [5.41, 5.74) is 6.74. The average molecular weight is 264 g/mol. The lowest BCUT2D eigenvalue weighted by Gasteiger charge is -2.41. The van der Waals surface area contributed by atoms with Gasteiger partial charge in [0.15, 0.2) is 0 Å². The van der Waals surface area contributed by atoms with E-state index >= 15 is 0 Å². The fourth-order valence-electron chi connectivity index (χ4n) is 3.00. The maximum atomic E-state index is 9.61. The summed E-state index contributed by atoms with van der Waals surface area (Å²) in [6.07, 6.45) is 2.34. The van der Waals surface area contributed by atoms with Crippen molar-refractivity contribution in [2.75, 3.05) is 13.1 Å². The molecule has 4 nitrogen and oxygen atoms in total. The second-order valence-electron chi connectivity index (χ2n) is 5.68. The molecular formula is C15H24N2O2. The molecule has 4 N–H and O–H groups in total. The second-order valence-corrected chi connectivity index (χ2v) is 5.68. The summed E-state index contributed by atoms with van der Waals surface area (Å²) in [5.74, 6) is 0.772. The number of piperidine rings is 1. The van der Waals surface area contributed by atoms with Crippen molar-refractivity contribution in [3.05, 3.63) is 23.8 Å². The van der Waals surface area contributed by atoms with E-state index in [1.54, 1.807) is 12.1 Å². The van der Waals surface area contributed by atoms with E-state index in [0.29, 0.717) is 12.0 Å². The molecule has 0 amide bonds. The van der Waals surface area contributed by atoms with E-state index in [1.165, 1.54) is 12.5 Å². The van der Waals surface area contributed by atoms with Gasteiger partial charge < -0.3 is 15.9 Å². The van der Waals surface area contributed by atoms with Crippen LogP contribution in [-0.4, -0.2) is 34.2 Å². The van der Waals surface area contributed by atoms with Gasteiger partial charge in [0.25, 0.3) is 0 Å². The number of likely N-dealkylation sites (tertiary alicyclic amines) is 1. The van der Waals surface area contributed by atoms with Gasteiger partial charge in [-0.1, -0.05) is 0 Å². The summed E-state index contributed by atoms with van der Waals surface area (Å²) in [6, 6.07) is 5.48. The first-order valence-electron chi connectivity index (χ1n) is 7.00. The highest BCUT2D eigenvalue weighted by molar-refractivity contribution is 5.38. The van der Waals surface area contributed by atoms with E-state index < -0.39 is 0 Å². The molecule has 4 heteroatoms. The summed E-state index contributed by atoms with van der Waals surface area (Å²) < 4.78 is 0. The van der Waals surface area contributed by atoms with Crippen molar-refractivity contribution >= 4 is 0 Å². The van der Waals surface area contributed by atoms with Gasteiger partial charge in [-0.3, -0.25) is 4.90 Å². The number of aromatic hydroxyl groups is 2. The molecule has 3 unspecified atom stereocenters. The molecule has 0 aromatic heterocycles. The lowest BCUT2D eigenvalue weighted by atomic mass is 9.91. The largest absolute Gasteiger partial charge is 0.508 e. The van der Waals surface area contributed by atoms with Crippen LogP contribution in [0.4, 0.5) is 0 Å². The van der Waals surface area contributed by atoms with Crippen molar-refractivity contribution < 1.29 is 10.2 Å². The molecular weight excluding hydrogens is 240 g/mol. The fraction of sp³-hybridized carbons (Fsp3) is 0.600. The lowest BCUT2D eigenvalue weighted by molar-refractivity contribution is 0.0811. The van der Waals surface area contributed by atoms with Gasteiger partial charge in [0.05, 0.1) is 0 Å². The zero-order chi connectivity index (χ0) is 14.0. The summed E-state index contributed by atoms with van der Waals surface area (Å²) in [6.45, 7) is 6.05. The van der Waals surface area contributed by atoms with Crippen LogP contribution in [0.1, 0.15) is 38.3 Å². The normalized spacial score (nSPS) is 26.3. The number of rotatable bonds is 3. The molecule has 106 valence electrons. The van der Waals surface area contributed by atoms with E-state index in [4.69, 9.17) is 5.73 Å². The predicted molar refractivity (Wildman–Crippen MR) is 76.1 cm³/mol. The van der Waals surface area contributed by atoms with Crippen LogP contribution in [0.25, 0.3) is 0 Å². The summed E-state index contributed by atoms with van der Waals surface area (Å²) in [4.78, 5) is 2.41. The molecule has 0 spiro atoms. The lowest BCUT2D eigenvalue weighted by Crippen LogP contribution is -2.44. The van der Waals surface area contributed by atoms with Crippen LogP contribution in [0.3, 0.4) is 0 Å². The maximum absolute atomic E-state index is 9.61. The first-order valence-corrected chi connectivity index (χ1v) is 7.00. The van der Waals surface area contributed by atoms with E-state index in [-0.39, 0.29) is 17.5 Å². The Balaban J connectivity index is 2.19. The maximum Gasteiger partial charge on any atom is 0.119 e. The molecule has 1 fully saturated rings. The molecule has 1 heterocycles. The number of hydrogen-bond acceptors (Lipinski definition) is 4. The Bertz CT molecular complexity index is 416. The standard InChI is InChI=1S/C15H24N2O2/c1-10-3-4-12(8-16)9-17(10)11(2)13-5-14(18)7-15(19)6-13/h5-7,10-12,18-19H,3-4,8-9,16H2,1-2H3. The Morgan fingerprint density at radius 1 is 1.26 bits per heavy atom. The molecule has 0 radical (unpaired) electrons. The van der Waals surface area contributed by atoms with Crippen molar-refractivity contribution in [3.8, 4) is 11.5 Å². The first kappa shape index (κ1) is 14.2. The van der Waals surface area contributed by atoms with Gasteiger partial charge in [0.1, 0.15) is 11.5 Å². The van der Waals surface area contributed by atoms with E-state index in [2.05, 4.69) is 18.7 Å². The highest BCUT2D eigenvalue weighted by Gasteiger charge is 2.29. The van der Waals surface area contributed by atoms with Crippen molar-refractivity contribution in [2.24, 2.45) is 11.7 Å². The minimum Gasteiger partial charge on any atom is -0.508 e. The molecule has 3 atom stereocenters. The minimum atomic E-state index is 0.113. The first-order chi connectivity index (χ1) is 9.01. The van der Waals surface area contributed by atoms with Crippen LogP contribution >= 0.6 is 0 Å². The number of nitrogens with two attached hydrogens (primary N) is 1. The number of benzene rings is 1. The SMILES string of the molecule is CC1CCC(CN)CN1C(C)c1cc(O)cc(O)c1. The quantitative estimate of drug-likeness (QED) is 0.783. The number of phenols is 2. The summed E-state index contributed by atoms with van der Waals surface area (Å²) in [5, 5.41) is 19.2. The van der Waals surface area contributed by atoms with Crippen LogP contribution < -0.4 is 5.73 Å². The third-order valence-corrected chi connectivity index (χ3v) is 4.27. The Morgan fingerprint density at radius 3 is 2.47 bits per heavy atom. The molecule has 1 saturated heterocycles. The summed E-state index contributed by atoms with van der Waals surface area (Å²) >= 11 is 0. The highest BCUT2D eigenvalue weighted by Crippen LogP contribution is 2.33. The van der Waals surface area contributed by atoms with Crippen molar-refractivity contribution in [3.63, 3.8) is 0 Å². The van der Waals surface area contributed by atoms with Gasteiger partial charge in [-0.15, -0.1) is 0 Å². The minimum absolute atomic E-state index is 0.113. The Labute approximate surface area is 114 Å². The third-order valence-electron chi connectivity index (χ3n) is 4.27. The average Bonchev–Trinajstić information content (AvgIpc) is 2.37. The predicted octanol–water partition coefficient (Wildman–Crippen LogP) is 2.22. The molecule has 1 aliphatic heterocycles. The van der Waals surface area contributed by atoms with Crippen LogP contribution in [0.5, 0.6) is 11.5 Å². The Kier molecular flexibility index (Phi) is 4.32. The molecule has 0 aliphatic carbocycles.